The molecule has 2 N–H and O–H groups in total. The minimum absolute atomic E-state index is 0.161. The first-order chi connectivity index (χ1) is 17.7. The lowest BCUT2D eigenvalue weighted by atomic mass is 10.1. The number of carbonyl (C=O) groups is 1. The smallest absolute Gasteiger partial charge is 0.442 e. The molecule has 1 aromatic heterocycles. The summed E-state index contributed by atoms with van der Waals surface area (Å²) in [5.74, 6) is 1.84. The molecule has 1 atom stereocenters. The lowest BCUT2D eigenvalue weighted by Crippen LogP contribution is -2.21. The van der Waals surface area contributed by atoms with Crippen molar-refractivity contribution in [2.24, 2.45) is 4.36 Å². The fraction of sp³-hybridized carbons (Fsp3) is 0.346. The van der Waals surface area contributed by atoms with Gasteiger partial charge in [-0.25, -0.2) is 14.0 Å². The second-order valence-corrected chi connectivity index (χ2v) is 10.6. The number of carbonyl (C=O) groups excluding carboxylic acids is 1. The van der Waals surface area contributed by atoms with Gasteiger partial charge in [-0.3, -0.25) is 0 Å². The predicted molar refractivity (Wildman–Crippen MR) is 147 cm³/mol. The largest absolute Gasteiger partial charge is 0.494 e. The number of nitrogens with zero attached hydrogens (tertiary/aromatic N) is 4. The van der Waals surface area contributed by atoms with Crippen LogP contribution in [0.15, 0.2) is 64.0 Å². The molecule has 11 heteroatoms. The SMILES string of the molecule is CCOC(=O)N=S(C)(=O)c1cccc(Nc2ncc(-c3ccc(OCC)cc3)c(NCCN(C)C)n2)c1. The van der Waals surface area contributed by atoms with Crippen LogP contribution in [0.2, 0.25) is 0 Å². The molecular weight excluding hydrogens is 492 g/mol. The molecule has 1 heterocycles. The van der Waals surface area contributed by atoms with Crippen molar-refractivity contribution < 1.29 is 18.5 Å². The van der Waals surface area contributed by atoms with Crippen LogP contribution >= 0.6 is 0 Å². The summed E-state index contributed by atoms with van der Waals surface area (Å²) in [5, 5.41) is 6.56. The Morgan fingerprint density at radius 3 is 2.54 bits per heavy atom. The molecule has 2 aromatic carbocycles. The van der Waals surface area contributed by atoms with Gasteiger partial charge in [0.25, 0.3) is 0 Å². The Kier molecular flexibility index (Phi) is 9.81. The van der Waals surface area contributed by atoms with Crippen molar-refractivity contribution in [2.45, 2.75) is 18.7 Å². The number of likely N-dealkylation sites (N-methyl/N-ethyl adjacent to an activating group) is 1. The van der Waals surface area contributed by atoms with Gasteiger partial charge in [-0.15, -0.1) is 4.36 Å². The van der Waals surface area contributed by atoms with Crippen LogP contribution in [0.4, 0.5) is 22.2 Å². The molecule has 0 saturated heterocycles. The van der Waals surface area contributed by atoms with Gasteiger partial charge in [0.2, 0.25) is 5.95 Å². The number of rotatable bonds is 11. The van der Waals surface area contributed by atoms with E-state index in [-0.39, 0.29) is 6.61 Å². The van der Waals surface area contributed by atoms with Crippen LogP contribution in [-0.4, -0.2) is 71.8 Å². The Morgan fingerprint density at radius 2 is 1.86 bits per heavy atom. The first-order valence-electron chi connectivity index (χ1n) is 12.0. The molecule has 0 radical (unpaired) electrons. The fourth-order valence-corrected chi connectivity index (χ4v) is 4.49. The monoisotopic (exact) mass is 526 g/mol. The molecule has 0 saturated carbocycles. The summed E-state index contributed by atoms with van der Waals surface area (Å²) < 4.78 is 27.1. The number of nitrogens with one attached hydrogen (secondary N) is 2. The van der Waals surface area contributed by atoms with E-state index in [0.717, 1.165) is 23.4 Å². The highest BCUT2D eigenvalue weighted by molar-refractivity contribution is 7.93. The number of benzene rings is 2. The van der Waals surface area contributed by atoms with Crippen molar-refractivity contribution in [3.63, 3.8) is 0 Å². The quantitative estimate of drug-likeness (QED) is 0.361. The summed E-state index contributed by atoms with van der Waals surface area (Å²) in [4.78, 5) is 23.4. The topological polar surface area (TPSA) is 118 Å². The minimum atomic E-state index is -2.98. The average molecular weight is 527 g/mol. The molecule has 0 bridgehead atoms. The van der Waals surface area contributed by atoms with Crippen LogP contribution in [0.1, 0.15) is 13.8 Å². The fourth-order valence-electron chi connectivity index (χ4n) is 3.37. The van der Waals surface area contributed by atoms with E-state index in [2.05, 4.69) is 24.9 Å². The Balaban J connectivity index is 1.89. The van der Waals surface area contributed by atoms with Gasteiger partial charge >= 0.3 is 6.09 Å². The molecule has 37 heavy (non-hydrogen) atoms. The van der Waals surface area contributed by atoms with E-state index in [1.54, 1.807) is 37.4 Å². The van der Waals surface area contributed by atoms with Crippen LogP contribution in [0.25, 0.3) is 11.1 Å². The van der Waals surface area contributed by atoms with Crippen LogP contribution in [0.5, 0.6) is 5.75 Å². The number of aromatic nitrogens is 2. The number of hydrogen-bond donors (Lipinski definition) is 2. The molecule has 0 aliphatic heterocycles. The van der Waals surface area contributed by atoms with E-state index in [9.17, 15) is 9.00 Å². The first-order valence-corrected chi connectivity index (χ1v) is 13.9. The molecule has 0 spiro atoms. The summed E-state index contributed by atoms with van der Waals surface area (Å²) >= 11 is 0. The maximum Gasteiger partial charge on any atom is 0.442 e. The van der Waals surface area contributed by atoms with Crippen molar-refractivity contribution in [1.29, 1.82) is 0 Å². The molecule has 1 amide bonds. The number of ether oxygens (including phenoxy) is 2. The van der Waals surface area contributed by atoms with E-state index >= 15 is 0 Å². The Morgan fingerprint density at radius 1 is 1.11 bits per heavy atom. The van der Waals surface area contributed by atoms with Gasteiger partial charge < -0.3 is 25.0 Å². The molecule has 3 aromatic rings. The Bertz CT molecular complexity index is 1320. The zero-order valence-corrected chi connectivity index (χ0v) is 22.7. The Labute approximate surface area is 218 Å². The predicted octanol–water partition coefficient (Wildman–Crippen LogP) is 4.87. The van der Waals surface area contributed by atoms with Crippen LogP contribution < -0.4 is 15.4 Å². The summed E-state index contributed by atoms with van der Waals surface area (Å²) in [6.45, 7) is 5.90. The number of hydrogen-bond acceptors (Lipinski definition) is 9. The third kappa shape index (κ3) is 8.16. The maximum atomic E-state index is 13.0. The zero-order chi connectivity index (χ0) is 26.8. The number of anilines is 3. The van der Waals surface area contributed by atoms with E-state index in [1.165, 1.54) is 6.26 Å². The van der Waals surface area contributed by atoms with Crippen molar-refractivity contribution in [3.8, 4) is 16.9 Å². The normalized spacial score (nSPS) is 12.5. The summed E-state index contributed by atoms with van der Waals surface area (Å²) in [6, 6.07) is 14.6. The van der Waals surface area contributed by atoms with Crippen molar-refractivity contribution >= 4 is 33.3 Å². The van der Waals surface area contributed by atoms with Crippen molar-refractivity contribution in [1.82, 2.24) is 14.9 Å². The second kappa shape index (κ2) is 13.0. The lowest BCUT2D eigenvalue weighted by molar-refractivity contribution is 0.164. The van der Waals surface area contributed by atoms with Crippen LogP contribution in [0.3, 0.4) is 0 Å². The molecular formula is C26H34N6O4S. The van der Waals surface area contributed by atoms with Gasteiger partial charge in [-0.2, -0.15) is 4.98 Å². The summed E-state index contributed by atoms with van der Waals surface area (Å²) in [5.41, 5.74) is 2.42. The van der Waals surface area contributed by atoms with Gasteiger partial charge in [-0.05, 0) is 63.8 Å². The lowest BCUT2D eigenvalue weighted by Gasteiger charge is -2.15. The van der Waals surface area contributed by atoms with E-state index < -0.39 is 15.8 Å². The molecule has 1 unspecified atom stereocenters. The molecule has 3 rings (SSSR count). The second-order valence-electron chi connectivity index (χ2n) is 8.39. The standard InChI is InChI=1S/C26H34N6O4S/c1-6-35-21-13-11-19(12-14-21)23-18-28-25(30-24(23)27-15-16-32(3)4)29-20-9-8-10-22(17-20)37(5,34)31-26(33)36-7-2/h8-14,17-18H,6-7,15-16H2,1-5H3,(H2,27,28,29,30). The third-order valence-electron chi connectivity index (χ3n) is 5.16. The van der Waals surface area contributed by atoms with Gasteiger partial charge in [0.15, 0.2) is 0 Å². The minimum Gasteiger partial charge on any atom is -0.494 e. The van der Waals surface area contributed by atoms with E-state index in [4.69, 9.17) is 14.5 Å². The third-order valence-corrected chi connectivity index (χ3v) is 6.79. The Hall–Kier alpha value is -3.70. The highest BCUT2D eigenvalue weighted by Crippen LogP contribution is 2.29. The van der Waals surface area contributed by atoms with Gasteiger partial charge in [0.1, 0.15) is 11.6 Å². The molecule has 0 fully saturated rings. The van der Waals surface area contributed by atoms with Crippen LogP contribution in [0, 0.1) is 0 Å². The van der Waals surface area contributed by atoms with Crippen molar-refractivity contribution in [3.05, 3.63) is 54.7 Å². The highest BCUT2D eigenvalue weighted by atomic mass is 32.2. The first kappa shape index (κ1) is 27.9. The van der Waals surface area contributed by atoms with Gasteiger partial charge in [0.05, 0.1) is 22.9 Å². The number of amides is 1. The average Bonchev–Trinajstić information content (AvgIpc) is 2.85. The summed E-state index contributed by atoms with van der Waals surface area (Å²) in [6.07, 6.45) is 2.30. The summed E-state index contributed by atoms with van der Waals surface area (Å²) in [7, 11) is 1.03. The molecule has 0 aliphatic rings. The zero-order valence-electron chi connectivity index (χ0n) is 21.9. The van der Waals surface area contributed by atoms with Crippen molar-refractivity contribution in [2.75, 3.05) is 57.3 Å². The highest BCUT2D eigenvalue weighted by Gasteiger charge is 2.13. The molecule has 10 nitrogen and oxygen atoms in total. The maximum absolute atomic E-state index is 13.0. The van der Waals surface area contributed by atoms with Gasteiger partial charge in [0, 0.05) is 41.7 Å². The molecule has 198 valence electrons. The van der Waals surface area contributed by atoms with Crippen LogP contribution in [-0.2, 0) is 14.5 Å². The van der Waals surface area contributed by atoms with E-state index in [1.807, 2.05) is 45.3 Å². The molecule has 0 aliphatic carbocycles. The van der Waals surface area contributed by atoms with Gasteiger partial charge in [-0.1, -0.05) is 18.2 Å². The van der Waals surface area contributed by atoms with E-state index in [0.29, 0.717) is 35.5 Å².